The number of ether oxygens (including phenoxy) is 1. The number of hydrogen-bond donors (Lipinski definition) is 0. The number of halogens is 2. The van der Waals surface area contributed by atoms with Gasteiger partial charge in [0.2, 0.25) is 0 Å². The molecular formula is C16H17ClIN5O2. The predicted molar refractivity (Wildman–Crippen MR) is 103 cm³/mol. The van der Waals surface area contributed by atoms with E-state index in [9.17, 15) is 4.79 Å². The summed E-state index contributed by atoms with van der Waals surface area (Å²) in [7, 11) is 1.91. The number of nitrogens with zero attached hydrogens (tertiary/aromatic N) is 5. The summed E-state index contributed by atoms with van der Waals surface area (Å²) in [5, 5.41) is 0.269. The minimum Gasteiger partial charge on any atom is -0.443 e. The molecule has 7 nitrogen and oxygen atoms in total. The van der Waals surface area contributed by atoms with Gasteiger partial charge in [0.1, 0.15) is 5.52 Å². The molecule has 0 aliphatic heterocycles. The number of imidazole rings is 1. The van der Waals surface area contributed by atoms with Crippen LogP contribution in [0.4, 0.5) is 0 Å². The van der Waals surface area contributed by atoms with Crippen molar-refractivity contribution < 1.29 is 9.53 Å². The van der Waals surface area contributed by atoms with Crippen LogP contribution in [0.3, 0.4) is 0 Å². The first-order valence-electron chi connectivity index (χ1n) is 7.56. The van der Waals surface area contributed by atoms with Gasteiger partial charge in [-0.2, -0.15) is 0 Å². The maximum Gasteiger partial charge on any atom is 0.312 e. The Balaban J connectivity index is 2.13. The highest BCUT2D eigenvalue weighted by Crippen LogP contribution is 2.28. The van der Waals surface area contributed by atoms with Crippen molar-refractivity contribution in [1.29, 1.82) is 0 Å². The van der Waals surface area contributed by atoms with Crippen LogP contribution in [0.2, 0.25) is 5.15 Å². The Labute approximate surface area is 163 Å². The summed E-state index contributed by atoms with van der Waals surface area (Å²) >= 11 is 8.23. The van der Waals surface area contributed by atoms with Gasteiger partial charge < -0.3 is 9.30 Å². The number of esters is 1. The van der Waals surface area contributed by atoms with Gasteiger partial charge >= 0.3 is 5.97 Å². The summed E-state index contributed by atoms with van der Waals surface area (Å²) in [6, 6.07) is 3.84. The highest BCUT2D eigenvalue weighted by atomic mass is 127. The molecule has 0 amide bonds. The van der Waals surface area contributed by atoms with Crippen molar-refractivity contribution in [2.24, 2.45) is 12.5 Å². The maximum absolute atomic E-state index is 12.2. The van der Waals surface area contributed by atoms with Gasteiger partial charge in [0.15, 0.2) is 27.2 Å². The second kappa shape index (κ2) is 6.56. The molecule has 25 heavy (non-hydrogen) atoms. The second-order valence-corrected chi connectivity index (χ2v) is 7.96. The highest BCUT2D eigenvalue weighted by Gasteiger charge is 2.25. The monoisotopic (exact) mass is 473 g/mol. The van der Waals surface area contributed by atoms with Gasteiger partial charge in [0.25, 0.3) is 0 Å². The average Bonchev–Trinajstić information content (AvgIpc) is 3.07. The molecule has 3 aromatic rings. The lowest BCUT2D eigenvalue weighted by Crippen LogP contribution is -2.24. The Hall–Kier alpha value is -1.68. The lowest BCUT2D eigenvalue weighted by molar-refractivity contribution is -0.156. The van der Waals surface area contributed by atoms with Crippen molar-refractivity contribution in [3.63, 3.8) is 0 Å². The number of aryl methyl sites for hydroxylation is 1. The molecule has 0 N–H and O–H groups in total. The fraction of sp³-hybridized carbons (Fsp3) is 0.375. The van der Waals surface area contributed by atoms with Crippen molar-refractivity contribution in [2.75, 3.05) is 0 Å². The van der Waals surface area contributed by atoms with E-state index in [0.717, 1.165) is 5.69 Å². The van der Waals surface area contributed by atoms with Crippen LogP contribution in [-0.2, 0) is 23.3 Å². The van der Waals surface area contributed by atoms with E-state index in [-0.39, 0.29) is 17.9 Å². The standard InChI is InChI=1S/C16H17ClIN5O2/c1-16(2,3)14(24)25-8-23-12(9-6-5-7-22(9)4)19-10-11(17)20-15(18)21-13(10)23/h5-7H,8H2,1-4H3. The first-order chi connectivity index (χ1) is 11.7. The van der Waals surface area contributed by atoms with E-state index >= 15 is 0 Å². The summed E-state index contributed by atoms with van der Waals surface area (Å²) in [6.45, 7) is 5.42. The number of aromatic nitrogens is 5. The lowest BCUT2D eigenvalue weighted by Gasteiger charge is -2.17. The van der Waals surface area contributed by atoms with E-state index in [0.29, 0.717) is 20.8 Å². The van der Waals surface area contributed by atoms with Crippen LogP contribution in [0, 0.1) is 9.25 Å². The Kier molecular flexibility index (Phi) is 4.76. The van der Waals surface area contributed by atoms with Crippen LogP contribution in [0.25, 0.3) is 22.7 Å². The topological polar surface area (TPSA) is 74.8 Å². The fourth-order valence-electron chi connectivity index (χ4n) is 2.29. The van der Waals surface area contributed by atoms with Gasteiger partial charge in [-0.05, 0) is 32.9 Å². The van der Waals surface area contributed by atoms with E-state index in [1.54, 1.807) is 25.3 Å². The zero-order chi connectivity index (χ0) is 18.4. The minimum absolute atomic E-state index is 0.00343. The Morgan fingerprint density at radius 2 is 2.04 bits per heavy atom. The molecule has 0 saturated heterocycles. The van der Waals surface area contributed by atoms with Gasteiger partial charge in [0, 0.05) is 35.8 Å². The van der Waals surface area contributed by atoms with Crippen LogP contribution >= 0.6 is 34.2 Å². The molecule has 0 saturated carbocycles. The van der Waals surface area contributed by atoms with E-state index < -0.39 is 5.41 Å². The van der Waals surface area contributed by atoms with Crippen molar-refractivity contribution in [1.82, 2.24) is 24.1 Å². The normalized spacial score (nSPS) is 11.9. The van der Waals surface area contributed by atoms with Crippen molar-refractivity contribution in [3.05, 3.63) is 27.3 Å². The predicted octanol–water partition coefficient (Wildman–Crippen LogP) is 3.64. The molecule has 0 unspecified atom stereocenters. The van der Waals surface area contributed by atoms with E-state index in [4.69, 9.17) is 16.3 Å². The van der Waals surface area contributed by atoms with Gasteiger partial charge in [-0.1, -0.05) is 11.6 Å². The molecule has 0 aliphatic carbocycles. The summed E-state index contributed by atoms with van der Waals surface area (Å²) in [4.78, 5) is 25.3. The van der Waals surface area contributed by atoms with E-state index in [2.05, 4.69) is 15.0 Å². The van der Waals surface area contributed by atoms with Crippen molar-refractivity contribution in [3.8, 4) is 11.5 Å². The van der Waals surface area contributed by atoms with Gasteiger partial charge in [-0.3, -0.25) is 9.36 Å². The molecule has 0 atom stereocenters. The molecular weight excluding hydrogens is 457 g/mol. The van der Waals surface area contributed by atoms with Crippen LogP contribution in [0.15, 0.2) is 18.3 Å². The summed E-state index contributed by atoms with van der Waals surface area (Å²) in [5.74, 6) is 0.310. The molecule has 0 bridgehead atoms. The first-order valence-corrected chi connectivity index (χ1v) is 9.02. The molecule has 0 aromatic carbocycles. The van der Waals surface area contributed by atoms with Crippen molar-refractivity contribution >= 4 is 51.3 Å². The van der Waals surface area contributed by atoms with E-state index in [1.807, 2.05) is 52.5 Å². The summed E-state index contributed by atoms with van der Waals surface area (Å²) < 4.78 is 9.65. The Bertz CT molecular complexity index is 957. The van der Waals surface area contributed by atoms with Crippen LogP contribution < -0.4 is 0 Å². The molecule has 0 radical (unpaired) electrons. The molecule has 0 spiro atoms. The fourth-order valence-corrected chi connectivity index (χ4v) is 3.11. The number of rotatable bonds is 3. The zero-order valence-electron chi connectivity index (χ0n) is 14.2. The van der Waals surface area contributed by atoms with Gasteiger partial charge in [0.05, 0.1) is 11.1 Å². The first kappa shape index (κ1) is 18.1. The number of carbonyl (C=O) groups is 1. The largest absolute Gasteiger partial charge is 0.443 e. The van der Waals surface area contributed by atoms with Crippen molar-refractivity contribution in [2.45, 2.75) is 27.5 Å². The zero-order valence-corrected chi connectivity index (χ0v) is 17.2. The highest BCUT2D eigenvalue weighted by molar-refractivity contribution is 14.1. The van der Waals surface area contributed by atoms with Crippen LogP contribution in [0.1, 0.15) is 20.8 Å². The quantitative estimate of drug-likeness (QED) is 0.251. The molecule has 3 rings (SSSR count). The molecule has 9 heteroatoms. The Morgan fingerprint density at radius 3 is 2.64 bits per heavy atom. The number of carbonyl (C=O) groups excluding carboxylic acids is 1. The SMILES string of the molecule is Cn1cccc1-c1nc2c(Cl)nc(I)nc2n1COC(=O)C(C)(C)C. The van der Waals surface area contributed by atoms with Crippen LogP contribution in [0.5, 0.6) is 0 Å². The third-order valence-corrected chi connectivity index (χ3v) is 4.38. The third-order valence-electron chi connectivity index (χ3n) is 3.63. The number of fused-ring (bicyclic) bond motifs is 1. The van der Waals surface area contributed by atoms with Gasteiger partial charge in [-0.25, -0.2) is 15.0 Å². The lowest BCUT2D eigenvalue weighted by atomic mass is 9.98. The minimum atomic E-state index is -0.595. The molecule has 132 valence electrons. The average molecular weight is 474 g/mol. The number of hydrogen-bond acceptors (Lipinski definition) is 5. The van der Waals surface area contributed by atoms with E-state index in [1.165, 1.54) is 0 Å². The Morgan fingerprint density at radius 1 is 1.32 bits per heavy atom. The summed E-state index contributed by atoms with van der Waals surface area (Å²) in [6.07, 6.45) is 1.91. The third kappa shape index (κ3) is 3.50. The second-order valence-electron chi connectivity index (χ2n) is 6.63. The smallest absolute Gasteiger partial charge is 0.312 e. The molecule has 0 fully saturated rings. The molecule has 3 heterocycles. The molecule has 0 aliphatic rings. The van der Waals surface area contributed by atoms with Gasteiger partial charge in [-0.15, -0.1) is 0 Å². The molecule has 3 aromatic heterocycles. The maximum atomic E-state index is 12.2. The summed E-state index contributed by atoms with van der Waals surface area (Å²) in [5.41, 5.74) is 1.27. The van der Waals surface area contributed by atoms with Crippen LogP contribution in [-0.4, -0.2) is 30.1 Å².